The Kier molecular flexibility index (Phi) is 5.68. The first-order valence-corrected chi connectivity index (χ1v) is 6.77. The Hall–Kier alpha value is -1.90. The van der Waals surface area contributed by atoms with Crippen molar-refractivity contribution in [2.24, 2.45) is 5.92 Å². The number of Topliss-reactive ketones (excluding diaryl/α,β-unsaturated/α-hetero) is 1. The van der Waals surface area contributed by atoms with E-state index in [0.717, 1.165) is 0 Å². The maximum atomic E-state index is 12.0. The van der Waals surface area contributed by atoms with E-state index in [9.17, 15) is 9.59 Å². The summed E-state index contributed by atoms with van der Waals surface area (Å²) in [5, 5.41) is 0. The smallest absolute Gasteiger partial charge is 0.330 e. The van der Waals surface area contributed by atoms with Crippen LogP contribution in [0.15, 0.2) is 42.5 Å². The molecule has 0 bridgehead atoms. The van der Waals surface area contributed by atoms with Crippen molar-refractivity contribution >= 4 is 11.8 Å². The Labute approximate surface area is 120 Å². The fraction of sp³-hybridized carbons (Fsp3) is 0.412. The number of benzene rings is 1. The number of carbonyl (C=O) groups is 2. The molecule has 0 spiro atoms. The summed E-state index contributed by atoms with van der Waals surface area (Å²) in [6.45, 7) is 7.37. The van der Waals surface area contributed by atoms with Crippen LogP contribution in [-0.4, -0.2) is 17.4 Å². The first-order chi connectivity index (χ1) is 9.28. The monoisotopic (exact) mass is 274 g/mol. The average molecular weight is 274 g/mol. The predicted molar refractivity (Wildman–Crippen MR) is 79.5 cm³/mol. The van der Waals surface area contributed by atoms with Gasteiger partial charge >= 0.3 is 5.97 Å². The number of hydrogen-bond acceptors (Lipinski definition) is 3. The van der Waals surface area contributed by atoms with Gasteiger partial charge in [-0.05, 0) is 26.7 Å². The van der Waals surface area contributed by atoms with E-state index in [1.807, 2.05) is 45.9 Å². The number of carbonyl (C=O) groups excluding carboxylic acids is 2. The quantitative estimate of drug-likeness (QED) is 0.466. The van der Waals surface area contributed by atoms with Crippen molar-refractivity contribution < 1.29 is 14.3 Å². The second kappa shape index (κ2) is 7.04. The van der Waals surface area contributed by atoms with Crippen molar-refractivity contribution in [3.63, 3.8) is 0 Å². The van der Waals surface area contributed by atoms with Crippen LogP contribution in [0.3, 0.4) is 0 Å². The van der Waals surface area contributed by atoms with Crippen LogP contribution in [0, 0.1) is 5.92 Å². The Balaban J connectivity index is 2.49. The minimum absolute atomic E-state index is 0.00442. The van der Waals surface area contributed by atoms with Crippen molar-refractivity contribution in [1.29, 1.82) is 0 Å². The third-order valence-electron chi connectivity index (χ3n) is 2.57. The van der Waals surface area contributed by atoms with E-state index in [0.29, 0.717) is 12.0 Å². The van der Waals surface area contributed by atoms with Crippen LogP contribution < -0.4 is 0 Å². The molecule has 1 aromatic carbocycles. The minimum Gasteiger partial charge on any atom is -0.457 e. The highest BCUT2D eigenvalue weighted by Crippen LogP contribution is 2.12. The van der Waals surface area contributed by atoms with E-state index in [2.05, 4.69) is 0 Å². The van der Waals surface area contributed by atoms with Gasteiger partial charge in [-0.15, -0.1) is 0 Å². The molecular formula is C17H22O3. The zero-order valence-electron chi connectivity index (χ0n) is 12.6. The highest BCUT2D eigenvalue weighted by Gasteiger charge is 2.14. The molecule has 0 aliphatic rings. The van der Waals surface area contributed by atoms with Crippen LogP contribution in [0.2, 0.25) is 0 Å². The molecule has 108 valence electrons. The third-order valence-corrected chi connectivity index (χ3v) is 2.57. The van der Waals surface area contributed by atoms with Gasteiger partial charge in [0, 0.05) is 18.1 Å². The lowest BCUT2D eigenvalue weighted by atomic mass is 9.99. The molecule has 0 N–H and O–H groups in total. The number of ether oxygens (including phenoxy) is 1. The van der Waals surface area contributed by atoms with Gasteiger partial charge in [0.15, 0.2) is 5.78 Å². The van der Waals surface area contributed by atoms with Crippen molar-refractivity contribution in [1.82, 2.24) is 0 Å². The molecule has 3 heteroatoms. The molecule has 0 heterocycles. The molecule has 1 unspecified atom stereocenters. The molecule has 1 aromatic rings. The zero-order valence-corrected chi connectivity index (χ0v) is 12.6. The summed E-state index contributed by atoms with van der Waals surface area (Å²) >= 11 is 0. The molecule has 0 amide bonds. The van der Waals surface area contributed by atoms with Crippen molar-refractivity contribution in [2.45, 2.75) is 39.7 Å². The van der Waals surface area contributed by atoms with Crippen LogP contribution in [0.25, 0.3) is 0 Å². The molecule has 0 aliphatic heterocycles. The summed E-state index contributed by atoms with van der Waals surface area (Å²) in [4.78, 5) is 23.5. The Morgan fingerprint density at radius 3 is 2.35 bits per heavy atom. The maximum absolute atomic E-state index is 12.0. The lowest BCUT2D eigenvalue weighted by Gasteiger charge is -2.18. The SMILES string of the molecule is CC(/C=C/C(=O)OC(C)(C)C)CC(=O)c1ccccc1. The first kappa shape index (κ1) is 16.2. The van der Waals surface area contributed by atoms with Gasteiger partial charge in [-0.1, -0.05) is 43.3 Å². The van der Waals surface area contributed by atoms with Gasteiger partial charge in [-0.25, -0.2) is 4.79 Å². The minimum atomic E-state index is -0.496. The largest absolute Gasteiger partial charge is 0.457 e. The summed E-state index contributed by atoms with van der Waals surface area (Å²) in [6, 6.07) is 9.16. The molecule has 1 rings (SSSR count). The number of ketones is 1. The summed E-state index contributed by atoms with van der Waals surface area (Å²) in [5.41, 5.74) is 0.204. The standard InChI is InChI=1S/C17H22O3/c1-13(10-11-16(19)20-17(2,3)4)12-15(18)14-8-6-5-7-9-14/h5-11,13H,12H2,1-4H3/b11-10+. The molecule has 0 saturated carbocycles. The van der Waals surface area contributed by atoms with Crippen LogP contribution in [0.1, 0.15) is 44.5 Å². The molecule has 0 fully saturated rings. The van der Waals surface area contributed by atoms with Gasteiger partial charge in [0.2, 0.25) is 0 Å². The van der Waals surface area contributed by atoms with Gasteiger partial charge in [-0.2, -0.15) is 0 Å². The van der Waals surface area contributed by atoms with E-state index in [4.69, 9.17) is 4.74 Å². The van der Waals surface area contributed by atoms with E-state index in [1.54, 1.807) is 18.2 Å². The molecule has 20 heavy (non-hydrogen) atoms. The van der Waals surface area contributed by atoms with Crippen LogP contribution in [-0.2, 0) is 9.53 Å². The Bertz CT molecular complexity index is 481. The summed E-state index contributed by atoms with van der Waals surface area (Å²) < 4.78 is 5.17. The highest BCUT2D eigenvalue weighted by molar-refractivity contribution is 5.96. The van der Waals surface area contributed by atoms with Gasteiger partial charge in [0.1, 0.15) is 5.60 Å². The fourth-order valence-corrected chi connectivity index (χ4v) is 1.68. The van der Waals surface area contributed by atoms with Gasteiger partial charge in [0.05, 0.1) is 0 Å². The van der Waals surface area contributed by atoms with Crippen LogP contribution in [0.4, 0.5) is 0 Å². The van der Waals surface area contributed by atoms with Gasteiger partial charge in [-0.3, -0.25) is 4.79 Å². The van der Waals surface area contributed by atoms with Crippen LogP contribution >= 0.6 is 0 Å². The normalized spacial score (nSPS) is 13.2. The number of rotatable bonds is 5. The van der Waals surface area contributed by atoms with E-state index in [-0.39, 0.29) is 17.7 Å². The number of allylic oxidation sites excluding steroid dienone is 1. The lowest BCUT2D eigenvalue weighted by Crippen LogP contribution is -2.22. The first-order valence-electron chi connectivity index (χ1n) is 6.77. The van der Waals surface area contributed by atoms with Crippen LogP contribution in [0.5, 0.6) is 0 Å². The predicted octanol–water partition coefficient (Wildman–Crippen LogP) is 3.79. The van der Waals surface area contributed by atoms with Gasteiger partial charge < -0.3 is 4.74 Å². The van der Waals surface area contributed by atoms with Crippen molar-refractivity contribution in [3.05, 3.63) is 48.0 Å². The number of esters is 1. The molecule has 3 nitrogen and oxygen atoms in total. The molecule has 0 aliphatic carbocycles. The number of hydrogen-bond donors (Lipinski definition) is 0. The fourth-order valence-electron chi connectivity index (χ4n) is 1.68. The zero-order chi connectivity index (χ0) is 15.2. The second-order valence-electron chi connectivity index (χ2n) is 5.86. The molecule has 0 radical (unpaired) electrons. The van der Waals surface area contributed by atoms with Gasteiger partial charge in [0.25, 0.3) is 0 Å². The summed E-state index contributed by atoms with van der Waals surface area (Å²) in [6.07, 6.45) is 3.49. The van der Waals surface area contributed by atoms with E-state index >= 15 is 0 Å². The summed E-state index contributed by atoms with van der Waals surface area (Å²) in [7, 11) is 0. The van der Waals surface area contributed by atoms with E-state index < -0.39 is 5.60 Å². The molecule has 1 atom stereocenters. The van der Waals surface area contributed by atoms with E-state index in [1.165, 1.54) is 6.08 Å². The molecule has 0 aromatic heterocycles. The third kappa shape index (κ3) is 6.32. The van der Waals surface area contributed by atoms with Crippen molar-refractivity contribution in [2.75, 3.05) is 0 Å². The highest BCUT2D eigenvalue weighted by atomic mass is 16.6. The Morgan fingerprint density at radius 2 is 1.80 bits per heavy atom. The summed E-state index contributed by atoms with van der Waals surface area (Å²) in [5.74, 6) is -0.307. The second-order valence-corrected chi connectivity index (χ2v) is 5.86. The topological polar surface area (TPSA) is 43.4 Å². The maximum Gasteiger partial charge on any atom is 0.330 e. The Morgan fingerprint density at radius 1 is 1.20 bits per heavy atom. The van der Waals surface area contributed by atoms with Crippen molar-refractivity contribution in [3.8, 4) is 0 Å². The molecular weight excluding hydrogens is 252 g/mol. The molecule has 0 saturated heterocycles. The lowest BCUT2D eigenvalue weighted by molar-refractivity contribution is -0.148. The average Bonchev–Trinajstić information content (AvgIpc) is 2.35.